The number of rotatable bonds is 0. The van der Waals surface area contributed by atoms with Gasteiger partial charge in [-0.1, -0.05) is 30.3 Å². The van der Waals surface area contributed by atoms with Gasteiger partial charge < -0.3 is 0 Å². The number of nitrogens with zero attached hydrogens (tertiary/aromatic N) is 2. The van der Waals surface area contributed by atoms with Crippen LogP contribution >= 0.6 is 19.5 Å². The molecule has 2 aliphatic rings. The Bertz CT molecular complexity index is 686. The molecule has 0 aliphatic carbocycles. The minimum absolute atomic E-state index is 1.13. The fourth-order valence-corrected chi connectivity index (χ4v) is 23.3. The van der Waals surface area contributed by atoms with E-state index in [1.807, 2.05) is 76.5 Å². The second-order valence-electron chi connectivity index (χ2n) is 5.06. The van der Waals surface area contributed by atoms with Crippen LogP contribution in [-0.2, 0) is 13.1 Å². The number of fused-ring (bicyclic) bond motifs is 2. The number of hydrogen-bond acceptors (Lipinski definition) is 4. The molecule has 1 spiro atoms. The topological polar surface area (TPSA) is 26.2 Å². The van der Waals surface area contributed by atoms with Crippen LogP contribution in [0.1, 0.15) is 0 Å². The van der Waals surface area contributed by atoms with Crippen LogP contribution in [-0.4, -0.2) is 0 Å². The van der Waals surface area contributed by atoms with E-state index >= 15 is 0 Å². The van der Waals surface area contributed by atoms with Crippen molar-refractivity contribution >= 4 is 19.5 Å². The van der Waals surface area contributed by atoms with Crippen LogP contribution in [0.3, 0.4) is 0 Å². The Morgan fingerprint density at radius 3 is 1.70 bits per heavy atom. The van der Waals surface area contributed by atoms with Gasteiger partial charge in [-0.25, -0.2) is 0 Å². The molecule has 5 rings (SSSR count). The second-order valence-corrected chi connectivity index (χ2v) is 24.0. The van der Waals surface area contributed by atoms with Crippen LogP contribution in [0.5, 0.6) is 0 Å². The Morgan fingerprint density at radius 1 is 0.739 bits per heavy atom. The molecule has 1 radical (unpaired) electrons. The molecular weight excluding hydrogens is 382 g/mol. The van der Waals surface area contributed by atoms with Gasteiger partial charge in [-0.05, 0) is 6.07 Å². The first-order valence-corrected chi connectivity index (χ1v) is 19.0. The van der Waals surface area contributed by atoms with Crippen molar-refractivity contribution < 1.29 is 29.9 Å². The SMILES string of the molecule is [c]1ccccc1.c1cc[n+]2c(c1)[S][Zn-2]1([O]2)[O][n+]2ccccc2[S]1. The molecule has 7 heteroatoms. The molecule has 3 aromatic rings. The second kappa shape index (κ2) is 6.51. The van der Waals surface area contributed by atoms with E-state index in [4.69, 9.17) is 7.33 Å². The molecule has 2 aromatic heterocycles. The predicted molar refractivity (Wildman–Crippen MR) is 83.4 cm³/mol. The summed E-state index contributed by atoms with van der Waals surface area (Å²) in [6.07, 6.45) is 3.88. The van der Waals surface area contributed by atoms with Crippen LogP contribution < -0.4 is 16.8 Å². The van der Waals surface area contributed by atoms with Crippen LogP contribution in [0.25, 0.3) is 0 Å². The first kappa shape index (κ1) is 15.0. The van der Waals surface area contributed by atoms with Gasteiger partial charge in [0.1, 0.15) is 0 Å². The molecule has 0 atom stereocenters. The zero-order valence-electron chi connectivity index (χ0n) is 12.2. The molecule has 0 amide bonds. The summed E-state index contributed by atoms with van der Waals surface area (Å²) < 4.78 is 15.8. The van der Waals surface area contributed by atoms with Crippen molar-refractivity contribution in [1.82, 2.24) is 0 Å². The van der Waals surface area contributed by atoms with Gasteiger partial charge in [0.15, 0.2) is 0 Å². The monoisotopic (exact) mass is 393 g/mol. The molecule has 0 fully saturated rings. The van der Waals surface area contributed by atoms with Crippen LogP contribution in [0.2, 0.25) is 0 Å². The first-order chi connectivity index (χ1) is 11.3. The summed E-state index contributed by atoms with van der Waals surface area (Å²) in [6, 6.07) is 24.6. The van der Waals surface area contributed by atoms with Gasteiger partial charge in [0.2, 0.25) is 0 Å². The molecule has 1 aromatic carbocycles. The minimum atomic E-state index is -3.23. The third-order valence-electron chi connectivity index (χ3n) is 3.43. The van der Waals surface area contributed by atoms with Gasteiger partial charge in [-0.15, -0.1) is 0 Å². The molecular formula is C16H13N2O2S2Zn. The number of pyridine rings is 2. The summed E-state index contributed by atoms with van der Waals surface area (Å²) >= 11 is -3.23. The van der Waals surface area contributed by atoms with Crippen molar-refractivity contribution in [3.63, 3.8) is 0 Å². The van der Waals surface area contributed by atoms with Gasteiger partial charge in [0, 0.05) is 0 Å². The van der Waals surface area contributed by atoms with Gasteiger partial charge in [0.25, 0.3) is 0 Å². The van der Waals surface area contributed by atoms with Crippen LogP contribution in [0, 0.1) is 6.07 Å². The standard InChI is InChI=1S/C6H5.2C5H5NOS.Zn/c1-2-4-6-5-3-1;2*7-6-4-2-1-3-5(6)8;/h1-5H;2*1-4,8H;/q;;;+2/p-2. The summed E-state index contributed by atoms with van der Waals surface area (Å²) in [5.41, 5.74) is 0. The van der Waals surface area contributed by atoms with E-state index in [-0.39, 0.29) is 0 Å². The number of aromatic nitrogens is 2. The molecule has 2 aliphatic heterocycles. The molecule has 23 heavy (non-hydrogen) atoms. The zero-order valence-corrected chi connectivity index (χ0v) is 16.8. The Labute approximate surface area is 144 Å². The summed E-state index contributed by atoms with van der Waals surface area (Å²) in [7, 11) is 3.56. The van der Waals surface area contributed by atoms with Gasteiger partial charge in [-0.3, -0.25) is 0 Å². The summed E-state index contributed by atoms with van der Waals surface area (Å²) in [5, 5.41) is 2.27. The Morgan fingerprint density at radius 2 is 1.30 bits per heavy atom. The molecule has 0 saturated carbocycles. The van der Waals surface area contributed by atoms with E-state index < -0.39 is 13.1 Å². The van der Waals surface area contributed by atoms with Crippen LogP contribution in [0.4, 0.5) is 0 Å². The molecule has 4 nitrogen and oxygen atoms in total. The van der Waals surface area contributed by atoms with E-state index in [1.165, 1.54) is 0 Å². The first-order valence-electron chi connectivity index (χ1n) is 7.38. The van der Waals surface area contributed by atoms with Gasteiger partial charge in [-0.2, -0.15) is 0 Å². The molecule has 0 bridgehead atoms. The maximum absolute atomic E-state index is 6.06. The molecule has 0 N–H and O–H groups in total. The molecule has 0 saturated heterocycles. The molecule has 113 valence electrons. The Hall–Kier alpha value is -1.56. The zero-order chi connectivity index (χ0) is 15.5. The molecule has 0 unspecified atom stereocenters. The summed E-state index contributed by atoms with van der Waals surface area (Å²) in [6.45, 7) is 0. The maximum atomic E-state index is 6.06. The quantitative estimate of drug-likeness (QED) is 0.432. The predicted octanol–water partition coefficient (Wildman–Crippen LogP) is 2.33. The molecule has 4 heterocycles. The number of benzene rings is 1. The summed E-state index contributed by atoms with van der Waals surface area (Å²) in [4.78, 5) is 0. The van der Waals surface area contributed by atoms with Crippen molar-refractivity contribution in [1.29, 1.82) is 0 Å². The van der Waals surface area contributed by atoms with E-state index in [0.29, 0.717) is 0 Å². The third-order valence-corrected chi connectivity index (χ3v) is 21.9. The fourth-order valence-electron chi connectivity index (χ4n) is 2.47. The van der Waals surface area contributed by atoms with Crippen molar-refractivity contribution in [3.8, 4) is 0 Å². The van der Waals surface area contributed by atoms with Crippen molar-refractivity contribution in [2.24, 2.45) is 0 Å². The van der Waals surface area contributed by atoms with Crippen molar-refractivity contribution in [2.75, 3.05) is 0 Å². The van der Waals surface area contributed by atoms with E-state index in [0.717, 1.165) is 10.1 Å². The van der Waals surface area contributed by atoms with Crippen LogP contribution in [0.15, 0.2) is 89.2 Å². The average molecular weight is 395 g/mol. The van der Waals surface area contributed by atoms with E-state index in [2.05, 4.69) is 18.2 Å². The summed E-state index contributed by atoms with van der Waals surface area (Å²) in [5.74, 6) is 0. The van der Waals surface area contributed by atoms with E-state index in [1.54, 1.807) is 19.5 Å². The third kappa shape index (κ3) is 3.22. The normalized spacial score (nSPS) is 15.7. The Balaban J connectivity index is 0.000000192. The average Bonchev–Trinajstić information content (AvgIpc) is 3.15. The van der Waals surface area contributed by atoms with E-state index in [9.17, 15) is 0 Å². The number of hydrogen-bond donors (Lipinski definition) is 0. The van der Waals surface area contributed by atoms with Gasteiger partial charge >= 0.3 is 108 Å². The van der Waals surface area contributed by atoms with Crippen molar-refractivity contribution in [2.45, 2.75) is 10.1 Å². The Kier molecular flexibility index (Phi) is 4.25. The van der Waals surface area contributed by atoms with Gasteiger partial charge in [0.05, 0.1) is 0 Å². The van der Waals surface area contributed by atoms with Crippen molar-refractivity contribution in [3.05, 3.63) is 85.2 Å². The fraction of sp³-hybridized carbons (Fsp3) is 0.